The Labute approximate surface area is 110 Å². The molecular formula is C13H14ClNO3. The number of amides is 1. The van der Waals surface area contributed by atoms with Crippen molar-refractivity contribution < 1.29 is 14.7 Å². The van der Waals surface area contributed by atoms with Gasteiger partial charge in [0.15, 0.2) is 0 Å². The third kappa shape index (κ3) is 2.34. The molecule has 1 fully saturated rings. The lowest BCUT2D eigenvalue weighted by atomic mass is 9.68. The molecule has 4 nitrogen and oxygen atoms in total. The molecule has 0 unspecified atom stereocenters. The van der Waals surface area contributed by atoms with Crippen molar-refractivity contribution >= 4 is 23.5 Å². The van der Waals surface area contributed by atoms with E-state index in [4.69, 9.17) is 16.7 Å². The molecule has 1 aliphatic rings. The van der Waals surface area contributed by atoms with E-state index in [0.717, 1.165) is 12.0 Å². The third-order valence-corrected chi connectivity index (χ3v) is 3.67. The highest BCUT2D eigenvalue weighted by Crippen LogP contribution is 2.41. The summed E-state index contributed by atoms with van der Waals surface area (Å²) in [7, 11) is 0. The zero-order valence-electron chi connectivity index (χ0n) is 9.78. The molecule has 0 atom stereocenters. The van der Waals surface area contributed by atoms with Gasteiger partial charge < -0.3 is 10.4 Å². The topological polar surface area (TPSA) is 66.4 Å². The summed E-state index contributed by atoms with van der Waals surface area (Å²) in [5.41, 5.74) is -0.306. The molecule has 2 rings (SSSR count). The van der Waals surface area contributed by atoms with Gasteiger partial charge in [-0.15, -0.1) is 0 Å². The van der Waals surface area contributed by atoms with Crippen molar-refractivity contribution in [3.05, 3.63) is 34.9 Å². The molecule has 1 aromatic rings. The molecule has 0 saturated heterocycles. The number of rotatable bonds is 4. The van der Waals surface area contributed by atoms with Crippen LogP contribution in [0.15, 0.2) is 24.3 Å². The number of carboxylic acid groups (broad SMARTS) is 1. The van der Waals surface area contributed by atoms with Gasteiger partial charge in [0, 0.05) is 11.6 Å². The van der Waals surface area contributed by atoms with Gasteiger partial charge in [0.05, 0.1) is 0 Å². The van der Waals surface area contributed by atoms with E-state index in [9.17, 15) is 9.59 Å². The van der Waals surface area contributed by atoms with Crippen LogP contribution >= 0.6 is 11.6 Å². The predicted octanol–water partition coefficient (Wildman–Crippen LogP) is 2.21. The number of carboxylic acids is 1. The van der Waals surface area contributed by atoms with Gasteiger partial charge in [-0.25, -0.2) is 0 Å². The Hall–Kier alpha value is -1.55. The number of halogens is 1. The van der Waals surface area contributed by atoms with Crippen LogP contribution < -0.4 is 5.32 Å². The summed E-state index contributed by atoms with van der Waals surface area (Å²) >= 11 is 5.76. The van der Waals surface area contributed by atoms with E-state index in [2.05, 4.69) is 5.32 Å². The van der Waals surface area contributed by atoms with Gasteiger partial charge in [-0.3, -0.25) is 9.59 Å². The van der Waals surface area contributed by atoms with E-state index in [-0.39, 0.29) is 0 Å². The van der Waals surface area contributed by atoms with Crippen LogP contribution in [-0.4, -0.2) is 17.0 Å². The van der Waals surface area contributed by atoms with Gasteiger partial charge in [0.25, 0.3) is 0 Å². The van der Waals surface area contributed by atoms with Crippen LogP contribution in [0.1, 0.15) is 24.8 Å². The third-order valence-electron chi connectivity index (χ3n) is 3.42. The minimum Gasteiger partial charge on any atom is -0.480 e. The second-order valence-electron chi connectivity index (χ2n) is 4.55. The first-order valence-electron chi connectivity index (χ1n) is 5.81. The fourth-order valence-corrected chi connectivity index (χ4v) is 2.15. The van der Waals surface area contributed by atoms with Crippen LogP contribution in [0.2, 0.25) is 5.02 Å². The monoisotopic (exact) mass is 267 g/mol. The second-order valence-corrected chi connectivity index (χ2v) is 4.99. The summed E-state index contributed by atoms with van der Waals surface area (Å²) in [6.07, 6.45) is 1.64. The van der Waals surface area contributed by atoms with Gasteiger partial charge in [-0.05, 0) is 30.5 Å². The van der Waals surface area contributed by atoms with Gasteiger partial charge in [0.1, 0.15) is 5.41 Å². The zero-order chi connectivity index (χ0) is 13.2. The Balaban J connectivity index is 1.96. The highest BCUT2D eigenvalue weighted by Gasteiger charge is 2.50. The standard InChI is InChI=1S/C13H14ClNO3/c14-10-4-2-9(3-5-10)8-15-11(16)13(12(17)18)6-1-7-13/h2-5H,1,6-8H2,(H,15,16)(H,17,18). The minimum absolute atomic E-state index is 0.324. The molecule has 0 aromatic heterocycles. The number of carbonyl (C=O) groups excluding carboxylic acids is 1. The Morgan fingerprint density at radius 3 is 2.33 bits per heavy atom. The van der Waals surface area contributed by atoms with Crippen molar-refractivity contribution in [2.75, 3.05) is 0 Å². The summed E-state index contributed by atoms with van der Waals surface area (Å²) in [4.78, 5) is 23.0. The lowest BCUT2D eigenvalue weighted by Gasteiger charge is -2.35. The lowest BCUT2D eigenvalue weighted by Crippen LogP contribution is -2.50. The number of carbonyl (C=O) groups is 2. The molecule has 96 valence electrons. The molecular weight excluding hydrogens is 254 g/mol. The molecule has 5 heteroatoms. The molecule has 1 aromatic carbocycles. The molecule has 1 aliphatic carbocycles. The Morgan fingerprint density at radius 2 is 1.89 bits per heavy atom. The number of nitrogens with one attached hydrogen (secondary N) is 1. The van der Waals surface area contributed by atoms with Crippen LogP contribution in [0.5, 0.6) is 0 Å². The Bertz CT molecular complexity index is 466. The molecule has 0 aliphatic heterocycles. The first-order valence-corrected chi connectivity index (χ1v) is 6.18. The Morgan fingerprint density at radius 1 is 1.28 bits per heavy atom. The van der Waals surface area contributed by atoms with E-state index in [1.54, 1.807) is 24.3 Å². The van der Waals surface area contributed by atoms with E-state index < -0.39 is 17.3 Å². The van der Waals surface area contributed by atoms with Crippen molar-refractivity contribution in [3.8, 4) is 0 Å². The van der Waals surface area contributed by atoms with Crippen molar-refractivity contribution in [3.63, 3.8) is 0 Å². The number of hydrogen-bond donors (Lipinski definition) is 2. The summed E-state index contributed by atoms with van der Waals surface area (Å²) in [6, 6.07) is 7.08. The van der Waals surface area contributed by atoms with Crippen molar-refractivity contribution in [1.29, 1.82) is 0 Å². The normalized spacial score (nSPS) is 16.7. The van der Waals surface area contributed by atoms with Crippen LogP contribution in [0.25, 0.3) is 0 Å². The highest BCUT2D eigenvalue weighted by atomic mass is 35.5. The van der Waals surface area contributed by atoms with Gasteiger partial charge >= 0.3 is 5.97 Å². The molecule has 1 saturated carbocycles. The fourth-order valence-electron chi connectivity index (χ4n) is 2.02. The van der Waals surface area contributed by atoms with Gasteiger partial charge in [-0.2, -0.15) is 0 Å². The maximum atomic E-state index is 11.9. The predicted molar refractivity (Wildman–Crippen MR) is 67.2 cm³/mol. The molecule has 18 heavy (non-hydrogen) atoms. The van der Waals surface area contributed by atoms with E-state index in [0.29, 0.717) is 24.4 Å². The molecule has 2 N–H and O–H groups in total. The van der Waals surface area contributed by atoms with E-state index in [1.807, 2.05) is 0 Å². The summed E-state index contributed by atoms with van der Waals surface area (Å²) in [5, 5.41) is 12.4. The SMILES string of the molecule is O=C(O)C1(C(=O)NCc2ccc(Cl)cc2)CCC1. The summed E-state index contributed by atoms with van der Waals surface area (Å²) in [5.74, 6) is -1.42. The fraction of sp³-hybridized carbons (Fsp3) is 0.385. The van der Waals surface area contributed by atoms with Crippen LogP contribution in [0, 0.1) is 5.41 Å². The number of hydrogen-bond acceptors (Lipinski definition) is 2. The van der Waals surface area contributed by atoms with Gasteiger partial charge in [-0.1, -0.05) is 30.2 Å². The minimum atomic E-state index is -1.20. The van der Waals surface area contributed by atoms with Crippen LogP contribution in [0.4, 0.5) is 0 Å². The van der Waals surface area contributed by atoms with Crippen molar-refractivity contribution in [1.82, 2.24) is 5.32 Å². The van der Waals surface area contributed by atoms with Crippen molar-refractivity contribution in [2.45, 2.75) is 25.8 Å². The second kappa shape index (κ2) is 4.98. The lowest BCUT2D eigenvalue weighted by molar-refractivity contribution is -0.162. The maximum Gasteiger partial charge on any atom is 0.319 e. The van der Waals surface area contributed by atoms with Gasteiger partial charge in [0.2, 0.25) is 5.91 Å². The van der Waals surface area contributed by atoms with E-state index in [1.165, 1.54) is 0 Å². The quantitative estimate of drug-likeness (QED) is 0.822. The number of benzene rings is 1. The maximum absolute atomic E-state index is 11.9. The molecule has 0 radical (unpaired) electrons. The van der Waals surface area contributed by atoms with Crippen LogP contribution in [-0.2, 0) is 16.1 Å². The molecule has 0 bridgehead atoms. The highest BCUT2D eigenvalue weighted by molar-refractivity contribution is 6.30. The number of aliphatic carboxylic acids is 1. The van der Waals surface area contributed by atoms with Crippen LogP contribution in [0.3, 0.4) is 0 Å². The largest absolute Gasteiger partial charge is 0.480 e. The molecule has 1 amide bonds. The molecule has 0 spiro atoms. The van der Waals surface area contributed by atoms with E-state index >= 15 is 0 Å². The zero-order valence-corrected chi connectivity index (χ0v) is 10.5. The smallest absolute Gasteiger partial charge is 0.319 e. The average Bonchev–Trinajstić information content (AvgIpc) is 2.26. The summed E-state index contributed by atoms with van der Waals surface area (Å²) in [6.45, 7) is 0.324. The molecule has 0 heterocycles. The summed E-state index contributed by atoms with van der Waals surface area (Å²) < 4.78 is 0. The Kier molecular flexibility index (Phi) is 3.57. The first kappa shape index (κ1) is 12.9. The average molecular weight is 268 g/mol. The van der Waals surface area contributed by atoms with Crippen molar-refractivity contribution in [2.24, 2.45) is 5.41 Å². The first-order chi connectivity index (χ1) is 8.54.